The maximum Gasteiger partial charge on any atom is 0.420 e. The van der Waals surface area contributed by atoms with Gasteiger partial charge in [-0.25, -0.2) is 9.59 Å². The highest BCUT2D eigenvalue weighted by atomic mass is 16.5. The second-order valence-corrected chi connectivity index (χ2v) is 3.69. The van der Waals surface area contributed by atoms with Gasteiger partial charge in [-0.15, -0.1) is 0 Å². The maximum absolute atomic E-state index is 11.6. The number of benzene rings is 1. The van der Waals surface area contributed by atoms with Crippen LogP contribution in [-0.2, 0) is 16.0 Å². The lowest BCUT2D eigenvalue weighted by Crippen LogP contribution is -2.16. The number of carbonyl (C=O) groups excluding carboxylic acids is 1. The van der Waals surface area contributed by atoms with E-state index in [0.717, 1.165) is 0 Å². The van der Waals surface area contributed by atoms with E-state index >= 15 is 0 Å². The molecule has 0 unspecified atom stereocenters. The van der Waals surface area contributed by atoms with E-state index in [-0.39, 0.29) is 0 Å². The van der Waals surface area contributed by atoms with Crippen LogP contribution in [0.3, 0.4) is 0 Å². The third-order valence-electron chi connectivity index (χ3n) is 2.61. The van der Waals surface area contributed by atoms with Gasteiger partial charge in [-0.05, 0) is 18.2 Å². The third-order valence-corrected chi connectivity index (χ3v) is 2.61. The summed E-state index contributed by atoms with van der Waals surface area (Å²) in [6.45, 7) is 0.813. The van der Waals surface area contributed by atoms with Crippen molar-refractivity contribution in [3.63, 3.8) is 0 Å². The van der Waals surface area contributed by atoms with Crippen molar-refractivity contribution in [2.45, 2.75) is 6.54 Å². The Labute approximate surface area is 103 Å². The molecule has 1 aromatic carbocycles. The fourth-order valence-corrected chi connectivity index (χ4v) is 1.71. The minimum Gasteiger partial charge on any atom is -0.465 e. The molecule has 1 aromatic heterocycles. The Morgan fingerprint density at radius 1 is 1.39 bits per heavy atom. The summed E-state index contributed by atoms with van der Waals surface area (Å²) in [6, 6.07) is 4.74. The van der Waals surface area contributed by atoms with Gasteiger partial charge in [-0.1, -0.05) is 0 Å². The molecule has 0 aliphatic rings. The lowest BCUT2D eigenvalue weighted by molar-refractivity contribution is 0.0601. The molecule has 0 aliphatic heterocycles. The summed E-state index contributed by atoms with van der Waals surface area (Å²) in [7, 11) is 2.86. The van der Waals surface area contributed by atoms with Crippen LogP contribution >= 0.6 is 0 Å². The Morgan fingerprint density at radius 3 is 2.83 bits per heavy atom. The summed E-state index contributed by atoms with van der Waals surface area (Å²) >= 11 is 0. The number of aromatic nitrogens is 1. The molecule has 2 aromatic rings. The number of methoxy groups -OCH3 is 2. The van der Waals surface area contributed by atoms with Crippen molar-refractivity contribution in [1.29, 1.82) is 0 Å². The number of hydrogen-bond acceptors (Lipinski definition) is 5. The number of rotatable bonds is 4. The standard InChI is InChI=1S/C12H13NO5/c1-16-6-5-13-9-4-3-8(11(14)17-2)7-10(9)18-12(13)15/h3-4,7H,5-6H2,1-2H3. The zero-order valence-corrected chi connectivity index (χ0v) is 10.1. The molecule has 0 spiro atoms. The van der Waals surface area contributed by atoms with Crippen LogP contribution in [0.15, 0.2) is 27.4 Å². The van der Waals surface area contributed by atoms with Gasteiger partial charge in [0.1, 0.15) is 0 Å². The molecule has 96 valence electrons. The molecule has 0 aliphatic carbocycles. The molecule has 6 nitrogen and oxygen atoms in total. The van der Waals surface area contributed by atoms with Crippen molar-refractivity contribution in [2.24, 2.45) is 0 Å². The van der Waals surface area contributed by atoms with Crippen molar-refractivity contribution in [2.75, 3.05) is 20.8 Å². The quantitative estimate of drug-likeness (QED) is 0.759. The van der Waals surface area contributed by atoms with Gasteiger partial charge >= 0.3 is 11.7 Å². The molecule has 0 N–H and O–H groups in total. The number of hydrogen-bond donors (Lipinski definition) is 0. The predicted octanol–water partition coefficient (Wildman–Crippen LogP) is 1.03. The van der Waals surface area contributed by atoms with Crippen LogP contribution in [0.4, 0.5) is 0 Å². The Hall–Kier alpha value is -2.08. The molecule has 0 saturated carbocycles. The highest BCUT2D eigenvalue weighted by Crippen LogP contribution is 2.15. The summed E-state index contributed by atoms with van der Waals surface area (Å²) in [5.41, 5.74) is 1.33. The molecule has 0 atom stereocenters. The largest absolute Gasteiger partial charge is 0.465 e. The highest BCUT2D eigenvalue weighted by Gasteiger charge is 2.12. The van der Waals surface area contributed by atoms with Crippen LogP contribution in [0.5, 0.6) is 0 Å². The molecule has 0 fully saturated rings. The van der Waals surface area contributed by atoms with E-state index in [0.29, 0.717) is 29.8 Å². The van der Waals surface area contributed by atoms with Gasteiger partial charge in [0.05, 0.1) is 31.3 Å². The molecule has 18 heavy (non-hydrogen) atoms. The third kappa shape index (κ3) is 2.14. The first-order valence-corrected chi connectivity index (χ1v) is 5.38. The van der Waals surface area contributed by atoms with Gasteiger partial charge in [-0.2, -0.15) is 0 Å². The SMILES string of the molecule is COCCn1c(=O)oc2cc(C(=O)OC)ccc21. The topological polar surface area (TPSA) is 70.7 Å². The van der Waals surface area contributed by atoms with Crippen LogP contribution < -0.4 is 5.76 Å². The normalized spacial score (nSPS) is 10.8. The Balaban J connectivity index is 2.47. The minimum atomic E-state index is -0.468. The first-order chi connectivity index (χ1) is 8.67. The molecule has 0 radical (unpaired) electrons. The first-order valence-electron chi connectivity index (χ1n) is 5.38. The molecular weight excluding hydrogens is 238 g/mol. The van der Waals surface area contributed by atoms with E-state index in [1.807, 2.05) is 0 Å². The van der Waals surface area contributed by atoms with E-state index < -0.39 is 11.7 Å². The second kappa shape index (κ2) is 5.05. The monoisotopic (exact) mass is 251 g/mol. The lowest BCUT2D eigenvalue weighted by atomic mass is 10.2. The van der Waals surface area contributed by atoms with Crippen molar-refractivity contribution in [3.05, 3.63) is 34.3 Å². The Morgan fingerprint density at radius 2 is 2.17 bits per heavy atom. The van der Waals surface area contributed by atoms with Crippen molar-refractivity contribution in [1.82, 2.24) is 4.57 Å². The van der Waals surface area contributed by atoms with Crippen LogP contribution in [0.25, 0.3) is 11.1 Å². The summed E-state index contributed by atoms with van der Waals surface area (Å²) in [5.74, 6) is -0.937. The zero-order valence-electron chi connectivity index (χ0n) is 10.1. The van der Waals surface area contributed by atoms with Crippen LogP contribution in [0, 0.1) is 0 Å². The summed E-state index contributed by atoms with van der Waals surface area (Å²) in [6.07, 6.45) is 0. The van der Waals surface area contributed by atoms with Crippen molar-refractivity contribution in [3.8, 4) is 0 Å². The van der Waals surface area contributed by atoms with Gasteiger partial charge in [-0.3, -0.25) is 4.57 Å². The van der Waals surface area contributed by atoms with E-state index in [2.05, 4.69) is 4.74 Å². The average Bonchev–Trinajstić information content (AvgIpc) is 2.70. The zero-order chi connectivity index (χ0) is 13.1. The fraction of sp³-hybridized carbons (Fsp3) is 0.333. The first kappa shape index (κ1) is 12.4. The van der Waals surface area contributed by atoms with Crippen LogP contribution in [-0.4, -0.2) is 31.4 Å². The van der Waals surface area contributed by atoms with E-state index in [4.69, 9.17) is 9.15 Å². The van der Waals surface area contributed by atoms with Crippen molar-refractivity contribution < 1.29 is 18.7 Å². The van der Waals surface area contributed by atoms with E-state index in [9.17, 15) is 9.59 Å². The van der Waals surface area contributed by atoms with Gasteiger partial charge in [0.2, 0.25) is 0 Å². The van der Waals surface area contributed by atoms with Gasteiger partial charge < -0.3 is 13.9 Å². The molecular formula is C12H13NO5. The minimum absolute atomic E-state index is 0.345. The Bertz CT molecular complexity index is 625. The summed E-state index contributed by atoms with van der Waals surface area (Å²) in [5, 5.41) is 0. The molecule has 6 heteroatoms. The molecule has 0 amide bonds. The summed E-state index contributed by atoms with van der Waals surface area (Å²) in [4.78, 5) is 23.0. The molecule has 0 bridgehead atoms. The Kier molecular flexibility index (Phi) is 3.47. The molecule has 1 heterocycles. The smallest absolute Gasteiger partial charge is 0.420 e. The number of ether oxygens (including phenoxy) is 2. The van der Waals surface area contributed by atoms with Crippen LogP contribution in [0.2, 0.25) is 0 Å². The molecule has 2 rings (SSSR count). The number of carbonyl (C=O) groups is 1. The van der Waals surface area contributed by atoms with Crippen LogP contribution in [0.1, 0.15) is 10.4 Å². The van der Waals surface area contributed by atoms with E-state index in [1.165, 1.54) is 17.7 Å². The number of nitrogens with zero attached hydrogens (tertiary/aromatic N) is 1. The summed E-state index contributed by atoms with van der Waals surface area (Å²) < 4.78 is 16.1. The second-order valence-electron chi connectivity index (χ2n) is 3.69. The fourth-order valence-electron chi connectivity index (χ4n) is 1.71. The average molecular weight is 251 g/mol. The van der Waals surface area contributed by atoms with Gasteiger partial charge in [0.15, 0.2) is 5.58 Å². The van der Waals surface area contributed by atoms with Crippen molar-refractivity contribution >= 4 is 17.1 Å². The highest BCUT2D eigenvalue weighted by molar-refractivity contribution is 5.93. The number of esters is 1. The van der Waals surface area contributed by atoms with E-state index in [1.54, 1.807) is 19.2 Å². The lowest BCUT2D eigenvalue weighted by Gasteiger charge is -2.01. The van der Waals surface area contributed by atoms with Gasteiger partial charge in [0, 0.05) is 7.11 Å². The predicted molar refractivity (Wildman–Crippen MR) is 63.7 cm³/mol. The van der Waals surface area contributed by atoms with Gasteiger partial charge in [0.25, 0.3) is 0 Å². The molecule has 0 saturated heterocycles. The number of oxazole rings is 1. The number of fused-ring (bicyclic) bond motifs is 1. The maximum atomic E-state index is 11.6.